The molecule has 0 saturated carbocycles. The van der Waals surface area contributed by atoms with Crippen LogP contribution in [0.2, 0.25) is 0 Å². The van der Waals surface area contributed by atoms with Gasteiger partial charge in [0.15, 0.2) is 5.78 Å². The smallest absolute Gasteiger partial charge is 0.167 e. The van der Waals surface area contributed by atoms with E-state index in [0.717, 1.165) is 10.0 Å². The van der Waals surface area contributed by atoms with Crippen molar-refractivity contribution in [3.8, 4) is 0 Å². The van der Waals surface area contributed by atoms with Crippen LogP contribution in [0.5, 0.6) is 0 Å². The Morgan fingerprint density at radius 2 is 2.18 bits per heavy atom. The molecule has 0 aliphatic carbocycles. The number of benzene rings is 1. The monoisotopic (exact) mass is 290 g/mol. The maximum atomic E-state index is 12.0. The number of rotatable bonds is 3. The molecule has 2 aromatic rings. The summed E-state index contributed by atoms with van der Waals surface area (Å²) in [6.45, 7) is 0. The topological polar surface area (TPSA) is 56.0 Å². The molecule has 0 aliphatic heterocycles. The summed E-state index contributed by atoms with van der Waals surface area (Å²) in [4.78, 5) is 16.0. The maximum Gasteiger partial charge on any atom is 0.167 e. The third-order valence-corrected chi connectivity index (χ3v) is 2.93. The molecule has 0 unspecified atom stereocenters. The third-order valence-electron chi connectivity index (χ3n) is 2.44. The number of nitrogen functional groups attached to an aromatic ring is 1. The largest absolute Gasteiger partial charge is 0.398 e. The van der Waals surface area contributed by atoms with Gasteiger partial charge < -0.3 is 5.73 Å². The minimum Gasteiger partial charge on any atom is -0.398 e. The zero-order chi connectivity index (χ0) is 12.3. The van der Waals surface area contributed by atoms with E-state index in [1.165, 1.54) is 0 Å². The molecular weight excluding hydrogens is 280 g/mol. The molecule has 0 spiro atoms. The van der Waals surface area contributed by atoms with E-state index in [1.807, 2.05) is 12.1 Å². The SMILES string of the molecule is Nc1ccncc1CC(=O)c1cccc(Br)c1. The minimum atomic E-state index is 0.0333. The van der Waals surface area contributed by atoms with E-state index in [0.29, 0.717) is 11.3 Å². The summed E-state index contributed by atoms with van der Waals surface area (Å²) in [7, 11) is 0. The molecule has 0 amide bonds. The van der Waals surface area contributed by atoms with Crippen molar-refractivity contribution in [3.05, 3.63) is 58.3 Å². The molecule has 0 aliphatic rings. The first-order valence-corrected chi connectivity index (χ1v) is 5.93. The standard InChI is InChI=1S/C13H11BrN2O/c14-11-3-1-2-9(6-11)13(17)7-10-8-16-5-4-12(10)15/h1-6,8H,7H2,(H2,15,16). The molecule has 1 aromatic heterocycles. The lowest BCUT2D eigenvalue weighted by molar-refractivity contribution is 0.0993. The minimum absolute atomic E-state index is 0.0333. The summed E-state index contributed by atoms with van der Waals surface area (Å²) >= 11 is 3.34. The molecule has 0 bridgehead atoms. The highest BCUT2D eigenvalue weighted by molar-refractivity contribution is 9.10. The second-order valence-corrected chi connectivity index (χ2v) is 4.60. The lowest BCUT2D eigenvalue weighted by Gasteiger charge is -2.04. The van der Waals surface area contributed by atoms with E-state index in [4.69, 9.17) is 5.73 Å². The summed E-state index contributed by atoms with van der Waals surface area (Å²) in [5.74, 6) is 0.0333. The second-order valence-electron chi connectivity index (χ2n) is 3.68. The van der Waals surface area contributed by atoms with Crippen molar-refractivity contribution in [2.45, 2.75) is 6.42 Å². The fourth-order valence-corrected chi connectivity index (χ4v) is 1.92. The number of nitrogens with zero attached hydrogens (tertiary/aromatic N) is 1. The van der Waals surface area contributed by atoms with Crippen molar-refractivity contribution in [3.63, 3.8) is 0 Å². The average molecular weight is 291 g/mol. The molecular formula is C13H11BrN2O. The van der Waals surface area contributed by atoms with Crippen LogP contribution < -0.4 is 5.73 Å². The summed E-state index contributed by atoms with van der Waals surface area (Å²) in [5.41, 5.74) is 7.81. The highest BCUT2D eigenvalue weighted by atomic mass is 79.9. The van der Waals surface area contributed by atoms with Gasteiger partial charge in [-0.3, -0.25) is 9.78 Å². The van der Waals surface area contributed by atoms with Crippen molar-refractivity contribution in [1.29, 1.82) is 0 Å². The summed E-state index contributed by atoms with van der Waals surface area (Å²) in [6.07, 6.45) is 3.52. The molecule has 1 aromatic carbocycles. The predicted octanol–water partition coefficient (Wildman–Crippen LogP) is 2.85. The van der Waals surface area contributed by atoms with Gasteiger partial charge in [0.1, 0.15) is 0 Å². The molecule has 1 heterocycles. The maximum absolute atomic E-state index is 12.0. The number of nitrogens with two attached hydrogens (primary N) is 1. The van der Waals surface area contributed by atoms with Crippen LogP contribution in [0.25, 0.3) is 0 Å². The zero-order valence-corrected chi connectivity index (χ0v) is 10.6. The van der Waals surface area contributed by atoms with Crippen LogP contribution >= 0.6 is 15.9 Å². The van der Waals surface area contributed by atoms with E-state index in [2.05, 4.69) is 20.9 Å². The Labute approximate surface area is 108 Å². The molecule has 17 heavy (non-hydrogen) atoms. The normalized spacial score (nSPS) is 10.2. The van der Waals surface area contributed by atoms with Crippen molar-refractivity contribution in [2.75, 3.05) is 5.73 Å². The van der Waals surface area contributed by atoms with Crippen LogP contribution in [0.15, 0.2) is 47.2 Å². The summed E-state index contributed by atoms with van der Waals surface area (Å²) in [5, 5.41) is 0. The molecule has 0 atom stereocenters. The number of carbonyl (C=O) groups is 1. The lowest BCUT2D eigenvalue weighted by atomic mass is 10.0. The van der Waals surface area contributed by atoms with Crippen LogP contribution in [0.1, 0.15) is 15.9 Å². The van der Waals surface area contributed by atoms with E-state index in [9.17, 15) is 4.79 Å². The third kappa shape index (κ3) is 2.91. The molecule has 2 N–H and O–H groups in total. The Hall–Kier alpha value is -1.68. The number of halogens is 1. The fraction of sp³-hybridized carbons (Fsp3) is 0.0769. The van der Waals surface area contributed by atoms with Gasteiger partial charge in [0.2, 0.25) is 0 Å². The Balaban J connectivity index is 2.20. The molecule has 2 rings (SSSR count). The van der Waals surface area contributed by atoms with Gasteiger partial charge in [-0.2, -0.15) is 0 Å². The number of hydrogen-bond donors (Lipinski definition) is 1. The predicted molar refractivity (Wildman–Crippen MR) is 70.8 cm³/mol. The first-order chi connectivity index (χ1) is 8.16. The quantitative estimate of drug-likeness (QED) is 0.885. The molecule has 3 nitrogen and oxygen atoms in total. The van der Waals surface area contributed by atoms with Crippen LogP contribution in [0, 0.1) is 0 Å². The number of anilines is 1. The van der Waals surface area contributed by atoms with Gasteiger partial charge in [0.05, 0.1) is 0 Å². The van der Waals surface area contributed by atoms with Gasteiger partial charge in [-0.25, -0.2) is 0 Å². The van der Waals surface area contributed by atoms with Crippen molar-refractivity contribution >= 4 is 27.4 Å². The molecule has 0 saturated heterocycles. The van der Waals surface area contributed by atoms with Crippen molar-refractivity contribution < 1.29 is 4.79 Å². The van der Waals surface area contributed by atoms with Crippen molar-refractivity contribution in [1.82, 2.24) is 4.98 Å². The number of hydrogen-bond acceptors (Lipinski definition) is 3. The van der Waals surface area contributed by atoms with Crippen LogP contribution in [-0.2, 0) is 6.42 Å². The first-order valence-electron chi connectivity index (χ1n) is 5.14. The van der Waals surface area contributed by atoms with E-state index in [1.54, 1.807) is 30.6 Å². The van der Waals surface area contributed by atoms with Gasteiger partial charge >= 0.3 is 0 Å². The van der Waals surface area contributed by atoms with E-state index < -0.39 is 0 Å². The molecule has 4 heteroatoms. The Bertz CT molecular complexity index is 555. The highest BCUT2D eigenvalue weighted by Gasteiger charge is 2.09. The fourth-order valence-electron chi connectivity index (χ4n) is 1.52. The number of pyridine rings is 1. The van der Waals surface area contributed by atoms with Crippen LogP contribution in [-0.4, -0.2) is 10.8 Å². The van der Waals surface area contributed by atoms with Gasteiger partial charge in [0, 0.05) is 40.1 Å². The number of ketones is 1. The zero-order valence-electron chi connectivity index (χ0n) is 9.06. The number of Topliss-reactive ketones (excluding diaryl/α,β-unsaturated/α-hetero) is 1. The average Bonchev–Trinajstić information content (AvgIpc) is 2.32. The lowest BCUT2D eigenvalue weighted by Crippen LogP contribution is -2.06. The number of aromatic nitrogens is 1. The summed E-state index contributed by atoms with van der Waals surface area (Å²) < 4.78 is 0.891. The summed E-state index contributed by atoms with van der Waals surface area (Å²) in [6, 6.07) is 9.01. The van der Waals surface area contributed by atoms with Gasteiger partial charge in [-0.05, 0) is 18.2 Å². The van der Waals surface area contributed by atoms with E-state index >= 15 is 0 Å². The Morgan fingerprint density at radius 1 is 1.35 bits per heavy atom. The van der Waals surface area contributed by atoms with Gasteiger partial charge in [-0.1, -0.05) is 28.1 Å². The van der Waals surface area contributed by atoms with E-state index in [-0.39, 0.29) is 12.2 Å². The Morgan fingerprint density at radius 3 is 2.88 bits per heavy atom. The second kappa shape index (κ2) is 5.10. The van der Waals surface area contributed by atoms with Crippen molar-refractivity contribution in [2.24, 2.45) is 0 Å². The highest BCUT2D eigenvalue weighted by Crippen LogP contribution is 2.16. The number of carbonyl (C=O) groups excluding carboxylic acids is 1. The first kappa shape index (κ1) is 11.8. The van der Waals surface area contributed by atoms with Crippen LogP contribution in [0.3, 0.4) is 0 Å². The molecule has 0 fully saturated rings. The molecule has 86 valence electrons. The van der Waals surface area contributed by atoms with Gasteiger partial charge in [0.25, 0.3) is 0 Å². The van der Waals surface area contributed by atoms with Crippen LogP contribution in [0.4, 0.5) is 5.69 Å². The Kier molecular flexibility index (Phi) is 3.54. The van der Waals surface area contributed by atoms with Gasteiger partial charge in [-0.15, -0.1) is 0 Å². The molecule has 0 radical (unpaired) electrons.